The Bertz CT molecular complexity index is 605. The summed E-state index contributed by atoms with van der Waals surface area (Å²) in [6.07, 6.45) is 3.65. The molecule has 5 heteroatoms. The third kappa shape index (κ3) is 3.76. The lowest BCUT2D eigenvalue weighted by Gasteiger charge is -2.19. The van der Waals surface area contributed by atoms with E-state index in [0.717, 1.165) is 11.6 Å². The van der Waals surface area contributed by atoms with E-state index in [1.165, 1.54) is 6.07 Å². The summed E-state index contributed by atoms with van der Waals surface area (Å²) >= 11 is 0. The number of hydrogen-bond acceptors (Lipinski definition) is 3. The van der Waals surface area contributed by atoms with Crippen LogP contribution in [0.3, 0.4) is 0 Å². The number of nitrogens with one attached hydrogen (secondary N) is 1. The minimum Gasteiger partial charge on any atom is -0.495 e. The van der Waals surface area contributed by atoms with Crippen LogP contribution in [0, 0.1) is 11.6 Å². The van der Waals surface area contributed by atoms with E-state index in [1.807, 2.05) is 13.0 Å². The summed E-state index contributed by atoms with van der Waals surface area (Å²) < 4.78 is 32.3. The maximum absolute atomic E-state index is 13.8. The van der Waals surface area contributed by atoms with Crippen molar-refractivity contribution in [2.24, 2.45) is 0 Å². The van der Waals surface area contributed by atoms with Gasteiger partial charge in [0.25, 0.3) is 0 Å². The van der Waals surface area contributed by atoms with E-state index in [-0.39, 0.29) is 6.04 Å². The molecule has 2 rings (SSSR count). The van der Waals surface area contributed by atoms with Crippen LogP contribution in [0.15, 0.2) is 36.7 Å². The van der Waals surface area contributed by atoms with E-state index in [9.17, 15) is 8.78 Å². The zero-order chi connectivity index (χ0) is 15.2. The van der Waals surface area contributed by atoms with E-state index in [4.69, 9.17) is 4.74 Å². The molecule has 3 nitrogen and oxygen atoms in total. The van der Waals surface area contributed by atoms with Gasteiger partial charge in [0, 0.05) is 12.2 Å². The fraction of sp³-hybridized carbons (Fsp3) is 0.312. The van der Waals surface area contributed by atoms with E-state index in [2.05, 4.69) is 10.3 Å². The third-order valence-corrected chi connectivity index (χ3v) is 3.28. The molecule has 1 atom stereocenters. The van der Waals surface area contributed by atoms with Gasteiger partial charge in [0.15, 0.2) is 11.6 Å². The molecule has 0 radical (unpaired) electrons. The quantitative estimate of drug-likeness (QED) is 0.887. The summed E-state index contributed by atoms with van der Waals surface area (Å²) in [6.45, 7) is 2.67. The molecule has 0 aliphatic heterocycles. The molecule has 0 spiro atoms. The van der Waals surface area contributed by atoms with Gasteiger partial charge in [-0.05, 0) is 36.2 Å². The third-order valence-electron chi connectivity index (χ3n) is 3.28. The van der Waals surface area contributed by atoms with Crippen molar-refractivity contribution in [1.29, 1.82) is 0 Å². The van der Waals surface area contributed by atoms with Crippen LogP contribution < -0.4 is 10.1 Å². The van der Waals surface area contributed by atoms with E-state index < -0.39 is 11.6 Å². The minimum absolute atomic E-state index is 0.158. The first kappa shape index (κ1) is 15.4. The number of likely N-dealkylation sites (N-methyl/N-ethyl adjacent to an activating group) is 1. The Hall–Kier alpha value is -2.01. The van der Waals surface area contributed by atoms with Gasteiger partial charge in [0.1, 0.15) is 5.75 Å². The second kappa shape index (κ2) is 7.13. The zero-order valence-electron chi connectivity index (χ0n) is 12.1. The standard InChI is InChI=1S/C16H18F2N2O/c1-3-20-15(12-7-13(21-2)10-19-9-12)8-11-5-4-6-14(17)16(11)18/h4-7,9-10,15,20H,3,8H2,1-2H3. The SMILES string of the molecule is CCNC(Cc1cccc(F)c1F)c1cncc(OC)c1. The number of rotatable bonds is 6. The topological polar surface area (TPSA) is 34.2 Å². The Morgan fingerprint density at radius 3 is 2.81 bits per heavy atom. The van der Waals surface area contributed by atoms with Crippen molar-refractivity contribution in [3.8, 4) is 5.75 Å². The van der Waals surface area contributed by atoms with Gasteiger partial charge in [-0.2, -0.15) is 0 Å². The van der Waals surface area contributed by atoms with Crippen LogP contribution >= 0.6 is 0 Å². The minimum atomic E-state index is -0.827. The molecule has 21 heavy (non-hydrogen) atoms. The van der Waals surface area contributed by atoms with Gasteiger partial charge in [0.05, 0.1) is 13.3 Å². The van der Waals surface area contributed by atoms with Crippen LogP contribution in [-0.2, 0) is 6.42 Å². The van der Waals surface area contributed by atoms with Crippen LogP contribution in [0.1, 0.15) is 24.1 Å². The highest BCUT2D eigenvalue weighted by Crippen LogP contribution is 2.23. The Morgan fingerprint density at radius 2 is 2.10 bits per heavy atom. The predicted octanol–water partition coefficient (Wildman–Crippen LogP) is 3.26. The number of pyridine rings is 1. The molecule has 112 valence electrons. The van der Waals surface area contributed by atoms with Gasteiger partial charge in [-0.15, -0.1) is 0 Å². The van der Waals surface area contributed by atoms with Crippen molar-refractivity contribution in [1.82, 2.24) is 10.3 Å². The average Bonchev–Trinajstić information content (AvgIpc) is 2.51. The first-order valence-corrected chi connectivity index (χ1v) is 6.81. The summed E-state index contributed by atoms with van der Waals surface area (Å²) in [7, 11) is 1.56. The molecule has 0 amide bonds. The molecule has 0 saturated carbocycles. The highest BCUT2D eigenvalue weighted by molar-refractivity contribution is 5.28. The molecule has 0 saturated heterocycles. The van der Waals surface area contributed by atoms with E-state index >= 15 is 0 Å². The highest BCUT2D eigenvalue weighted by Gasteiger charge is 2.16. The average molecular weight is 292 g/mol. The van der Waals surface area contributed by atoms with Gasteiger partial charge in [-0.1, -0.05) is 19.1 Å². The van der Waals surface area contributed by atoms with Crippen molar-refractivity contribution in [2.45, 2.75) is 19.4 Å². The zero-order valence-corrected chi connectivity index (χ0v) is 12.1. The van der Waals surface area contributed by atoms with Gasteiger partial charge >= 0.3 is 0 Å². The van der Waals surface area contributed by atoms with Crippen molar-refractivity contribution in [3.05, 3.63) is 59.4 Å². The summed E-state index contributed by atoms with van der Waals surface area (Å²) in [5, 5.41) is 3.26. The highest BCUT2D eigenvalue weighted by atomic mass is 19.2. The molecular weight excluding hydrogens is 274 g/mol. The normalized spacial score (nSPS) is 12.2. The first-order chi connectivity index (χ1) is 10.2. The molecule has 1 N–H and O–H groups in total. The monoisotopic (exact) mass is 292 g/mol. The van der Waals surface area contributed by atoms with E-state index in [0.29, 0.717) is 24.3 Å². The van der Waals surface area contributed by atoms with Gasteiger partial charge < -0.3 is 10.1 Å². The van der Waals surface area contributed by atoms with Crippen LogP contribution in [-0.4, -0.2) is 18.6 Å². The lowest BCUT2D eigenvalue weighted by Crippen LogP contribution is -2.23. The summed E-state index contributed by atoms with van der Waals surface area (Å²) in [6, 6.07) is 5.91. The molecule has 1 aromatic carbocycles. The first-order valence-electron chi connectivity index (χ1n) is 6.81. The summed E-state index contributed by atoms with van der Waals surface area (Å²) in [4.78, 5) is 4.11. The van der Waals surface area contributed by atoms with Gasteiger partial charge in [-0.3, -0.25) is 4.98 Å². The molecule has 0 bridgehead atoms. The number of halogens is 2. The Kier molecular flexibility index (Phi) is 5.22. The second-order valence-electron chi connectivity index (χ2n) is 4.69. The van der Waals surface area contributed by atoms with Crippen LogP contribution in [0.2, 0.25) is 0 Å². The number of nitrogens with zero attached hydrogens (tertiary/aromatic N) is 1. The molecule has 2 aromatic rings. The Balaban J connectivity index is 2.28. The largest absolute Gasteiger partial charge is 0.495 e. The number of aromatic nitrogens is 1. The summed E-state index contributed by atoms with van der Waals surface area (Å²) in [5.41, 5.74) is 1.21. The number of methoxy groups -OCH3 is 1. The Labute approximate surface area is 123 Å². The number of hydrogen-bond donors (Lipinski definition) is 1. The number of ether oxygens (including phenoxy) is 1. The fourth-order valence-electron chi connectivity index (χ4n) is 2.22. The fourth-order valence-corrected chi connectivity index (χ4v) is 2.22. The van der Waals surface area contributed by atoms with Crippen molar-refractivity contribution >= 4 is 0 Å². The second-order valence-corrected chi connectivity index (χ2v) is 4.69. The van der Waals surface area contributed by atoms with E-state index in [1.54, 1.807) is 25.6 Å². The van der Waals surface area contributed by atoms with Crippen molar-refractivity contribution < 1.29 is 13.5 Å². The molecule has 1 aromatic heterocycles. The maximum atomic E-state index is 13.8. The summed E-state index contributed by atoms with van der Waals surface area (Å²) in [5.74, 6) is -0.988. The molecule has 1 unspecified atom stereocenters. The van der Waals surface area contributed by atoms with Crippen molar-refractivity contribution in [3.63, 3.8) is 0 Å². The van der Waals surface area contributed by atoms with Crippen molar-refractivity contribution in [2.75, 3.05) is 13.7 Å². The molecular formula is C16H18F2N2O. The lowest BCUT2D eigenvalue weighted by molar-refractivity contribution is 0.410. The Morgan fingerprint density at radius 1 is 1.29 bits per heavy atom. The number of benzene rings is 1. The molecule has 1 heterocycles. The molecule has 0 fully saturated rings. The van der Waals surface area contributed by atoms with Gasteiger partial charge in [-0.25, -0.2) is 8.78 Å². The van der Waals surface area contributed by atoms with Crippen LogP contribution in [0.4, 0.5) is 8.78 Å². The lowest BCUT2D eigenvalue weighted by atomic mass is 9.99. The molecule has 0 aliphatic rings. The predicted molar refractivity (Wildman–Crippen MR) is 77.3 cm³/mol. The maximum Gasteiger partial charge on any atom is 0.162 e. The smallest absolute Gasteiger partial charge is 0.162 e. The van der Waals surface area contributed by atoms with Gasteiger partial charge in [0.2, 0.25) is 0 Å². The van der Waals surface area contributed by atoms with Crippen LogP contribution in [0.25, 0.3) is 0 Å². The van der Waals surface area contributed by atoms with Crippen LogP contribution in [0.5, 0.6) is 5.75 Å². The molecule has 0 aliphatic carbocycles.